The van der Waals surface area contributed by atoms with E-state index >= 15 is 0 Å². The van der Waals surface area contributed by atoms with Crippen molar-refractivity contribution < 1.29 is 0 Å². The number of nitriles is 1. The largest absolute Gasteiger partial charge is 0.353 e. The van der Waals surface area contributed by atoms with Crippen molar-refractivity contribution in [3.8, 4) is 6.07 Å². The minimum absolute atomic E-state index is 0.302. The van der Waals surface area contributed by atoms with Crippen molar-refractivity contribution in [1.82, 2.24) is 10.2 Å². The average molecular weight is 288 g/mol. The van der Waals surface area contributed by atoms with E-state index in [0.29, 0.717) is 11.4 Å². The van der Waals surface area contributed by atoms with Crippen molar-refractivity contribution in [2.75, 3.05) is 5.32 Å². The first-order valence-electron chi connectivity index (χ1n) is 7.10. The lowest BCUT2D eigenvalue weighted by molar-refractivity contribution is 1.05. The van der Waals surface area contributed by atoms with Crippen molar-refractivity contribution in [3.05, 3.63) is 58.8 Å². The maximum atomic E-state index is 9.33. The van der Waals surface area contributed by atoms with Gasteiger partial charge in [-0.15, -0.1) is 10.2 Å². The van der Waals surface area contributed by atoms with Gasteiger partial charge in [-0.1, -0.05) is 17.7 Å². The molecule has 0 aliphatic carbocycles. The molecule has 4 nitrogen and oxygen atoms in total. The van der Waals surface area contributed by atoms with Crippen LogP contribution in [-0.2, 0) is 0 Å². The third kappa shape index (κ3) is 2.49. The van der Waals surface area contributed by atoms with E-state index in [1.165, 1.54) is 11.1 Å². The van der Waals surface area contributed by atoms with E-state index in [2.05, 4.69) is 47.6 Å². The van der Waals surface area contributed by atoms with Crippen LogP contribution in [0.5, 0.6) is 0 Å². The molecule has 2 aromatic carbocycles. The highest BCUT2D eigenvalue weighted by atomic mass is 15.1. The zero-order valence-electron chi connectivity index (χ0n) is 12.8. The van der Waals surface area contributed by atoms with E-state index in [9.17, 15) is 5.26 Å². The number of hydrogen-bond acceptors (Lipinski definition) is 4. The maximum absolute atomic E-state index is 9.33. The Morgan fingerprint density at radius 2 is 1.77 bits per heavy atom. The van der Waals surface area contributed by atoms with Crippen LogP contribution in [0.25, 0.3) is 10.9 Å². The second kappa shape index (κ2) is 5.45. The normalized spacial score (nSPS) is 10.5. The number of nitrogens with one attached hydrogen (secondary N) is 1. The molecule has 0 radical (unpaired) electrons. The fourth-order valence-electron chi connectivity index (χ4n) is 2.39. The molecule has 0 saturated heterocycles. The average Bonchev–Trinajstić information content (AvgIpc) is 2.51. The van der Waals surface area contributed by atoms with Crippen LogP contribution in [0.4, 0.5) is 11.4 Å². The minimum atomic E-state index is 0.302. The quantitative estimate of drug-likeness (QED) is 0.768. The van der Waals surface area contributed by atoms with E-state index in [-0.39, 0.29) is 0 Å². The standard InChI is InChI=1S/C18H16N4/c1-11-4-7-16-15(8-11)18(17(10-19)22-21-16)20-14-6-5-12(2)13(3)9-14/h4-9H,1-3H3,(H,20,21). The summed E-state index contributed by atoms with van der Waals surface area (Å²) >= 11 is 0. The van der Waals surface area contributed by atoms with Gasteiger partial charge in [-0.05, 0) is 56.2 Å². The third-order valence-electron chi connectivity index (χ3n) is 3.80. The van der Waals surface area contributed by atoms with Crippen LogP contribution >= 0.6 is 0 Å². The molecule has 1 heterocycles. The number of aryl methyl sites for hydroxylation is 3. The number of fused-ring (bicyclic) bond motifs is 1. The van der Waals surface area contributed by atoms with Crippen LogP contribution < -0.4 is 5.32 Å². The van der Waals surface area contributed by atoms with Crippen LogP contribution in [-0.4, -0.2) is 10.2 Å². The smallest absolute Gasteiger partial charge is 0.187 e. The van der Waals surface area contributed by atoms with Gasteiger partial charge in [0.15, 0.2) is 5.69 Å². The molecule has 3 rings (SSSR count). The van der Waals surface area contributed by atoms with Crippen LogP contribution in [0.3, 0.4) is 0 Å². The first kappa shape index (κ1) is 14.0. The van der Waals surface area contributed by atoms with Crippen LogP contribution in [0.2, 0.25) is 0 Å². The number of nitrogens with zero attached hydrogens (tertiary/aromatic N) is 3. The summed E-state index contributed by atoms with van der Waals surface area (Å²) in [6.45, 7) is 6.16. The van der Waals surface area contributed by atoms with E-state index in [0.717, 1.165) is 22.2 Å². The SMILES string of the molecule is Cc1ccc2nnc(C#N)c(Nc3ccc(C)c(C)c3)c2c1. The van der Waals surface area contributed by atoms with E-state index in [1.54, 1.807) is 0 Å². The van der Waals surface area contributed by atoms with Gasteiger partial charge in [0.1, 0.15) is 6.07 Å². The number of anilines is 2. The van der Waals surface area contributed by atoms with Crippen molar-refractivity contribution >= 4 is 22.3 Å². The Morgan fingerprint density at radius 1 is 0.955 bits per heavy atom. The molecule has 1 aromatic heterocycles. The Hall–Kier alpha value is -2.93. The zero-order chi connectivity index (χ0) is 15.7. The third-order valence-corrected chi connectivity index (χ3v) is 3.80. The molecular weight excluding hydrogens is 272 g/mol. The van der Waals surface area contributed by atoms with Gasteiger partial charge in [0.25, 0.3) is 0 Å². The van der Waals surface area contributed by atoms with E-state index in [1.807, 2.05) is 31.2 Å². The minimum Gasteiger partial charge on any atom is -0.353 e. The Kier molecular flexibility index (Phi) is 3.48. The molecule has 3 aromatic rings. The predicted molar refractivity (Wildman–Crippen MR) is 88.2 cm³/mol. The molecule has 22 heavy (non-hydrogen) atoms. The van der Waals surface area contributed by atoms with Gasteiger partial charge in [0.05, 0.1) is 11.2 Å². The van der Waals surface area contributed by atoms with Gasteiger partial charge in [0.2, 0.25) is 0 Å². The molecule has 1 N–H and O–H groups in total. The van der Waals surface area contributed by atoms with Crippen LogP contribution in [0, 0.1) is 32.1 Å². The molecule has 0 bridgehead atoms. The first-order valence-corrected chi connectivity index (χ1v) is 7.10. The van der Waals surface area contributed by atoms with Gasteiger partial charge in [-0.25, -0.2) is 0 Å². The maximum Gasteiger partial charge on any atom is 0.187 e. The van der Waals surface area contributed by atoms with Gasteiger partial charge in [-0.2, -0.15) is 5.26 Å². The summed E-state index contributed by atoms with van der Waals surface area (Å²) in [7, 11) is 0. The molecule has 0 atom stereocenters. The summed E-state index contributed by atoms with van der Waals surface area (Å²) in [5.41, 5.74) is 6.28. The summed E-state index contributed by atoms with van der Waals surface area (Å²) in [4.78, 5) is 0. The van der Waals surface area contributed by atoms with Gasteiger partial charge in [0, 0.05) is 11.1 Å². The number of benzene rings is 2. The molecular formula is C18H16N4. The summed E-state index contributed by atoms with van der Waals surface area (Å²) in [6, 6.07) is 14.2. The van der Waals surface area contributed by atoms with E-state index in [4.69, 9.17) is 0 Å². The van der Waals surface area contributed by atoms with Gasteiger partial charge >= 0.3 is 0 Å². The molecule has 0 spiro atoms. The Bertz CT molecular complexity index is 907. The fraction of sp³-hybridized carbons (Fsp3) is 0.167. The lowest BCUT2D eigenvalue weighted by atomic mass is 10.1. The Morgan fingerprint density at radius 3 is 2.50 bits per heavy atom. The molecule has 0 aliphatic heterocycles. The highest BCUT2D eigenvalue weighted by Crippen LogP contribution is 2.28. The van der Waals surface area contributed by atoms with Crippen molar-refractivity contribution in [1.29, 1.82) is 5.26 Å². The molecule has 0 saturated carbocycles. The second-order valence-electron chi connectivity index (χ2n) is 5.48. The predicted octanol–water partition coefficient (Wildman–Crippen LogP) is 4.17. The topological polar surface area (TPSA) is 61.6 Å². The Labute approximate surface area is 129 Å². The van der Waals surface area contributed by atoms with Crippen LogP contribution in [0.1, 0.15) is 22.4 Å². The summed E-state index contributed by atoms with van der Waals surface area (Å²) in [6.07, 6.45) is 0. The summed E-state index contributed by atoms with van der Waals surface area (Å²) in [5.74, 6) is 0. The van der Waals surface area contributed by atoms with Crippen molar-refractivity contribution in [2.24, 2.45) is 0 Å². The zero-order valence-corrected chi connectivity index (χ0v) is 12.8. The Balaban J connectivity index is 2.17. The lowest BCUT2D eigenvalue weighted by Gasteiger charge is -2.12. The number of hydrogen-bond donors (Lipinski definition) is 1. The number of rotatable bonds is 2. The first-order chi connectivity index (χ1) is 10.6. The van der Waals surface area contributed by atoms with Crippen molar-refractivity contribution in [2.45, 2.75) is 20.8 Å². The monoisotopic (exact) mass is 288 g/mol. The van der Waals surface area contributed by atoms with Gasteiger partial charge < -0.3 is 5.32 Å². The fourth-order valence-corrected chi connectivity index (χ4v) is 2.39. The molecule has 0 unspecified atom stereocenters. The van der Waals surface area contributed by atoms with Gasteiger partial charge in [-0.3, -0.25) is 0 Å². The van der Waals surface area contributed by atoms with Crippen LogP contribution in [0.15, 0.2) is 36.4 Å². The molecule has 4 heteroatoms. The summed E-state index contributed by atoms with van der Waals surface area (Å²) in [5, 5.41) is 21.7. The summed E-state index contributed by atoms with van der Waals surface area (Å²) < 4.78 is 0. The highest BCUT2D eigenvalue weighted by molar-refractivity contribution is 5.95. The highest BCUT2D eigenvalue weighted by Gasteiger charge is 2.11. The molecule has 0 aliphatic rings. The molecule has 0 fully saturated rings. The molecule has 108 valence electrons. The lowest BCUT2D eigenvalue weighted by Crippen LogP contribution is -2.00. The van der Waals surface area contributed by atoms with Crippen molar-refractivity contribution in [3.63, 3.8) is 0 Å². The molecule has 0 amide bonds. The van der Waals surface area contributed by atoms with E-state index < -0.39 is 0 Å². The second-order valence-corrected chi connectivity index (χ2v) is 5.48. The number of aromatic nitrogens is 2.